The van der Waals surface area contributed by atoms with Crippen LogP contribution < -0.4 is 9.64 Å². The largest absolute Gasteiger partial charge is 0.457 e. The molecule has 0 saturated heterocycles. The van der Waals surface area contributed by atoms with Crippen molar-refractivity contribution in [3.8, 4) is 17.3 Å². The van der Waals surface area contributed by atoms with Crippen molar-refractivity contribution in [3.05, 3.63) is 156 Å². The second-order valence-corrected chi connectivity index (χ2v) is 15.7. The highest BCUT2D eigenvalue weighted by Crippen LogP contribution is 2.42. The zero-order chi connectivity index (χ0) is 38.2. The van der Waals surface area contributed by atoms with Crippen LogP contribution in [0.5, 0.6) is 11.5 Å². The molecular weight excluding hydrogens is 625 g/mol. The number of fused-ring (bicyclic) bond motifs is 4. The highest BCUT2D eigenvalue weighted by Gasteiger charge is 2.34. The van der Waals surface area contributed by atoms with Crippen molar-refractivity contribution >= 4 is 33.2 Å². The van der Waals surface area contributed by atoms with Crippen molar-refractivity contribution in [2.75, 3.05) is 4.90 Å². The molecule has 0 bridgehead atoms. The first-order chi connectivity index (χ1) is 25.6. The number of anilines is 1. The summed E-state index contributed by atoms with van der Waals surface area (Å²) in [5, 5.41) is 2.29. The van der Waals surface area contributed by atoms with Gasteiger partial charge in [-0.2, -0.15) is 0 Å². The molecule has 6 aromatic rings. The molecule has 0 saturated carbocycles. The molecule has 1 atom stereocenters. The molecule has 2 aromatic heterocycles. The minimum Gasteiger partial charge on any atom is -0.457 e. The smallest absolute Gasteiger partial charge is 0.137 e. The van der Waals surface area contributed by atoms with Crippen molar-refractivity contribution in [1.82, 2.24) is 14.5 Å². The van der Waals surface area contributed by atoms with Gasteiger partial charge in [0.1, 0.15) is 23.5 Å². The van der Waals surface area contributed by atoms with E-state index < -0.39 is 6.85 Å². The zero-order valence-electron chi connectivity index (χ0n) is 33.4. The van der Waals surface area contributed by atoms with Crippen LogP contribution in [0, 0.1) is 13.8 Å². The molecule has 0 N–H and O–H groups in total. The van der Waals surface area contributed by atoms with Crippen LogP contribution in [-0.2, 0) is 10.8 Å². The topological polar surface area (TPSA) is 33.5 Å². The first kappa shape index (κ1) is 29.2. The minimum atomic E-state index is -2.26. The summed E-state index contributed by atoms with van der Waals surface area (Å²) in [6.07, 6.45) is 12.0. The Morgan fingerprint density at radius 3 is 2.29 bits per heavy atom. The molecule has 8 rings (SSSR count). The third kappa shape index (κ3) is 5.81. The number of aryl methyl sites for hydroxylation is 2. The SMILES string of the molecule is [2H]C([2H])([2H])c1cccc(C)c1N1C=C(c2cc(Oc3ccc4c5ccccc5n(-c5cc(C(C)(C)C)ccn5)c4c3)cc(C(C)(C)C)c2)N2C=CC=CC21. The maximum absolute atomic E-state index is 8.35. The Morgan fingerprint density at radius 2 is 1.49 bits per heavy atom. The molecule has 0 aliphatic carbocycles. The lowest BCUT2D eigenvalue weighted by Crippen LogP contribution is -2.36. The maximum atomic E-state index is 8.35. The summed E-state index contributed by atoms with van der Waals surface area (Å²) in [4.78, 5) is 9.14. The molecule has 1 unspecified atom stereocenters. The van der Waals surface area contributed by atoms with Crippen molar-refractivity contribution in [3.63, 3.8) is 0 Å². The first-order valence-electron chi connectivity index (χ1n) is 19.2. The average molecular weight is 674 g/mol. The number of hydrogen-bond acceptors (Lipinski definition) is 4. The fourth-order valence-corrected chi connectivity index (χ4v) is 7.28. The van der Waals surface area contributed by atoms with Gasteiger partial charge in [-0.3, -0.25) is 4.57 Å². The molecule has 5 nitrogen and oxygen atoms in total. The molecule has 256 valence electrons. The van der Waals surface area contributed by atoms with E-state index in [0.29, 0.717) is 11.3 Å². The Balaban J connectivity index is 1.25. The van der Waals surface area contributed by atoms with Crippen molar-refractivity contribution in [1.29, 1.82) is 0 Å². The van der Waals surface area contributed by atoms with Crippen LogP contribution in [0.4, 0.5) is 5.69 Å². The van der Waals surface area contributed by atoms with Crippen molar-refractivity contribution < 1.29 is 8.85 Å². The molecule has 51 heavy (non-hydrogen) atoms. The van der Waals surface area contributed by atoms with E-state index in [9.17, 15) is 0 Å². The van der Waals surface area contributed by atoms with Gasteiger partial charge < -0.3 is 14.5 Å². The zero-order valence-corrected chi connectivity index (χ0v) is 30.4. The van der Waals surface area contributed by atoms with Crippen LogP contribution in [0.25, 0.3) is 33.3 Å². The van der Waals surface area contributed by atoms with Gasteiger partial charge in [0.2, 0.25) is 0 Å². The van der Waals surface area contributed by atoms with Gasteiger partial charge in [0.15, 0.2) is 0 Å². The monoisotopic (exact) mass is 673 g/mol. The number of hydrogen-bond donors (Lipinski definition) is 0. The Bertz CT molecular complexity index is 2530. The molecule has 4 aromatic carbocycles. The summed E-state index contributed by atoms with van der Waals surface area (Å²) in [6, 6.07) is 31.0. The van der Waals surface area contributed by atoms with Crippen LogP contribution in [0.3, 0.4) is 0 Å². The number of nitrogens with zero attached hydrogens (tertiary/aromatic N) is 4. The molecule has 5 heteroatoms. The summed E-state index contributed by atoms with van der Waals surface area (Å²) < 4.78 is 34.1. The fraction of sp³-hybridized carbons (Fsp3) is 0.239. The number of para-hydroxylation sites is 2. The lowest BCUT2D eigenvalue weighted by atomic mass is 9.85. The highest BCUT2D eigenvalue weighted by atomic mass is 16.5. The molecule has 0 amide bonds. The number of pyridine rings is 1. The molecular formula is C46H46N4O. The van der Waals surface area contributed by atoms with Gasteiger partial charge in [-0.05, 0) is 108 Å². The van der Waals surface area contributed by atoms with E-state index in [2.05, 4.69) is 141 Å². The van der Waals surface area contributed by atoms with Gasteiger partial charge >= 0.3 is 0 Å². The summed E-state index contributed by atoms with van der Waals surface area (Å²) in [5.74, 6) is 2.31. The Hall–Kier alpha value is -5.55. The van der Waals surface area contributed by atoms with Crippen molar-refractivity contribution in [2.45, 2.75) is 72.3 Å². The van der Waals surface area contributed by atoms with Crippen LogP contribution >= 0.6 is 0 Å². The Labute approximate surface area is 306 Å². The van der Waals surface area contributed by atoms with E-state index in [0.717, 1.165) is 61.5 Å². The van der Waals surface area contributed by atoms with Crippen LogP contribution in [0.1, 0.15) is 73.5 Å². The average Bonchev–Trinajstić information content (AvgIpc) is 3.66. The van der Waals surface area contributed by atoms with Crippen LogP contribution in [0.15, 0.2) is 128 Å². The number of benzene rings is 4. The van der Waals surface area contributed by atoms with Gasteiger partial charge in [-0.1, -0.05) is 84.0 Å². The number of ether oxygens (including phenoxy) is 1. The number of aromatic nitrogens is 2. The van der Waals surface area contributed by atoms with Gasteiger partial charge in [0, 0.05) is 50.8 Å². The lowest BCUT2D eigenvalue weighted by molar-refractivity contribution is 0.468. The maximum Gasteiger partial charge on any atom is 0.137 e. The predicted octanol–water partition coefficient (Wildman–Crippen LogP) is 11.7. The van der Waals surface area contributed by atoms with E-state index in [1.165, 1.54) is 5.56 Å². The molecule has 0 fully saturated rings. The normalized spacial score (nSPS) is 17.0. The van der Waals surface area contributed by atoms with Gasteiger partial charge in [-0.15, -0.1) is 0 Å². The van der Waals surface area contributed by atoms with Crippen LogP contribution in [0.2, 0.25) is 0 Å². The third-order valence-corrected chi connectivity index (χ3v) is 10.0. The molecule has 0 radical (unpaired) electrons. The predicted molar refractivity (Wildman–Crippen MR) is 213 cm³/mol. The molecule has 4 heterocycles. The molecule has 2 aliphatic heterocycles. The Morgan fingerprint density at radius 1 is 0.706 bits per heavy atom. The second-order valence-electron chi connectivity index (χ2n) is 15.7. The number of rotatable bonds is 5. The first-order valence-corrected chi connectivity index (χ1v) is 17.7. The molecule has 2 aliphatic rings. The number of allylic oxidation sites excluding steroid dienone is 2. The summed E-state index contributed by atoms with van der Waals surface area (Å²) in [7, 11) is 0. The van der Waals surface area contributed by atoms with E-state index in [-0.39, 0.29) is 17.0 Å². The van der Waals surface area contributed by atoms with E-state index >= 15 is 0 Å². The standard InChI is InChI=1S/C46H46N4O/c1-30-14-13-15-31(2)44(30)49-29-41(48-23-12-11-18-43(48)49)32-24-34(46(6,7)8)26-36(25-32)51-35-19-20-38-37-16-9-10-17-39(37)50(40(38)28-35)42-27-33(21-22-47-42)45(3,4)5/h9-29,43H,1-8H3/i1D3. The quantitative estimate of drug-likeness (QED) is 0.182. The Kier molecular flexibility index (Phi) is 6.90. The fourth-order valence-electron chi connectivity index (χ4n) is 7.28. The third-order valence-electron chi connectivity index (χ3n) is 10.0. The van der Waals surface area contributed by atoms with E-state index in [4.69, 9.17) is 13.8 Å². The van der Waals surface area contributed by atoms with Gasteiger partial charge in [0.05, 0.1) is 16.7 Å². The van der Waals surface area contributed by atoms with E-state index in [1.54, 1.807) is 6.07 Å². The van der Waals surface area contributed by atoms with Crippen molar-refractivity contribution in [2.24, 2.45) is 0 Å². The molecule has 0 spiro atoms. The minimum absolute atomic E-state index is 0.0236. The summed E-state index contributed by atoms with van der Waals surface area (Å²) in [6.45, 7) is 13.0. The van der Waals surface area contributed by atoms with Crippen LogP contribution in [-0.4, -0.2) is 20.6 Å². The summed E-state index contributed by atoms with van der Waals surface area (Å²) in [5.41, 5.74) is 8.14. The highest BCUT2D eigenvalue weighted by molar-refractivity contribution is 6.09. The summed E-state index contributed by atoms with van der Waals surface area (Å²) >= 11 is 0. The van der Waals surface area contributed by atoms with Gasteiger partial charge in [0.25, 0.3) is 0 Å². The van der Waals surface area contributed by atoms with E-state index in [1.807, 2.05) is 43.5 Å². The van der Waals surface area contributed by atoms with Gasteiger partial charge in [-0.25, -0.2) is 4.98 Å². The lowest BCUT2D eigenvalue weighted by Gasteiger charge is -2.33. The second kappa shape index (κ2) is 12.1.